The van der Waals surface area contributed by atoms with Crippen LogP contribution in [0.4, 0.5) is 28.9 Å². The second-order valence-electron chi connectivity index (χ2n) is 7.40. The van der Waals surface area contributed by atoms with E-state index in [9.17, 15) is 22.8 Å². The maximum absolute atomic E-state index is 15.2. The van der Waals surface area contributed by atoms with Crippen LogP contribution in [0.25, 0.3) is 11.1 Å². The van der Waals surface area contributed by atoms with E-state index >= 15 is 4.39 Å². The van der Waals surface area contributed by atoms with Gasteiger partial charge in [0, 0.05) is 20.9 Å². The molecule has 184 valence electrons. The van der Waals surface area contributed by atoms with Crippen LogP contribution in [0.1, 0.15) is 13.8 Å². The highest BCUT2D eigenvalue weighted by Crippen LogP contribution is 2.37. The summed E-state index contributed by atoms with van der Waals surface area (Å²) in [7, 11) is 1.24. The number of ether oxygens (including phenoxy) is 3. The minimum Gasteiger partial charge on any atom is -0.479 e. The standard InChI is InChI=1S/C25H21F4NO5/c1-14(31)34-15(2)35-23(32)13-33-22-10-9-20(28)25(24(22)29)30(3)21-12-17(7-8-19(21)27)16-5-4-6-18(26)11-16/h4-12,15H,13H2,1-3H3. The summed E-state index contributed by atoms with van der Waals surface area (Å²) in [5.41, 5.74) is 0.0422. The molecule has 0 amide bonds. The first kappa shape index (κ1) is 25.5. The molecule has 0 aliphatic carbocycles. The maximum Gasteiger partial charge on any atom is 0.347 e. The van der Waals surface area contributed by atoms with E-state index in [1.165, 1.54) is 44.3 Å². The van der Waals surface area contributed by atoms with E-state index in [4.69, 9.17) is 9.47 Å². The second kappa shape index (κ2) is 10.9. The Kier molecular flexibility index (Phi) is 7.95. The Bertz CT molecular complexity index is 1250. The van der Waals surface area contributed by atoms with Gasteiger partial charge < -0.3 is 19.1 Å². The zero-order valence-corrected chi connectivity index (χ0v) is 19.0. The van der Waals surface area contributed by atoms with Crippen molar-refractivity contribution in [3.63, 3.8) is 0 Å². The number of rotatable bonds is 8. The fraction of sp³-hybridized carbons (Fsp3) is 0.200. The van der Waals surface area contributed by atoms with Gasteiger partial charge in [-0.3, -0.25) is 4.79 Å². The van der Waals surface area contributed by atoms with Crippen molar-refractivity contribution < 1.29 is 41.4 Å². The molecule has 0 bridgehead atoms. The Balaban J connectivity index is 1.85. The van der Waals surface area contributed by atoms with Gasteiger partial charge in [-0.2, -0.15) is 0 Å². The Morgan fingerprint density at radius 1 is 0.914 bits per heavy atom. The largest absolute Gasteiger partial charge is 0.479 e. The number of benzene rings is 3. The highest BCUT2D eigenvalue weighted by Gasteiger charge is 2.23. The summed E-state index contributed by atoms with van der Waals surface area (Å²) in [4.78, 5) is 23.7. The summed E-state index contributed by atoms with van der Waals surface area (Å²) in [6.07, 6.45) is -1.18. The number of nitrogens with zero attached hydrogens (tertiary/aromatic N) is 1. The number of carbonyl (C=O) groups excluding carboxylic acids is 2. The number of halogens is 4. The summed E-state index contributed by atoms with van der Waals surface area (Å²) in [6, 6.07) is 11.3. The van der Waals surface area contributed by atoms with Gasteiger partial charge in [0.15, 0.2) is 18.2 Å². The Morgan fingerprint density at radius 2 is 1.60 bits per heavy atom. The zero-order chi connectivity index (χ0) is 25.7. The number of carbonyl (C=O) groups is 2. The van der Waals surface area contributed by atoms with E-state index in [1.807, 2.05) is 0 Å². The molecule has 0 fully saturated rings. The van der Waals surface area contributed by atoms with Gasteiger partial charge in [-0.05, 0) is 47.5 Å². The monoisotopic (exact) mass is 491 g/mol. The minimum absolute atomic E-state index is 0.184. The van der Waals surface area contributed by atoms with E-state index in [2.05, 4.69) is 4.74 Å². The van der Waals surface area contributed by atoms with E-state index in [-0.39, 0.29) is 5.69 Å². The number of anilines is 2. The lowest BCUT2D eigenvalue weighted by Gasteiger charge is -2.23. The topological polar surface area (TPSA) is 65.1 Å². The fourth-order valence-corrected chi connectivity index (χ4v) is 3.29. The molecule has 10 heteroatoms. The Hall–Kier alpha value is -4.08. The average Bonchev–Trinajstić information content (AvgIpc) is 2.78. The zero-order valence-electron chi connectivity index (χ0n) is 19.0. The van der Waals surface area contributed by atoms with E-state index < -0.39 is 59.5 Å². The lowest BCUT2D eigenvalue weighted by Crippen LogP contribution is -2.24. The second-order valence-corrected chi connectivity index (χ2v) is 7.40. The number of hydrogen-bond donors (Lipinski definition) is 0. The minimum atomic E-state index is -1.19. The molecular weight excluding hydrogens is 470 g/mol. The maximum atomic E-state index is 15.2. The molecule has 35 heavy (non-hydrogen) atoms. The van der Waals surface area contributed by atoms with Gasteiger partial charge in [-0.25, -0.2) is 22.4 Å². The lowest BCUT2D eigenvalue weighted by atomic mass is 10.0. The fourth-order valence-electron chi connectivity index (χ4n) is 3.29. The van der Waals surface area contributed by atoms with E-state index in [0.717, 1.165) is 30.0 Å². The normalized spacial score (nSPS) is 11.5. The molecule has 0 aliphatic heterocycles. The molecule has 1 atom stereocenters. The molecule has 0 radical (unpaired) electrons. The quantitative estimate of drug-likeness (QED) is 0.235. The van der Waals surface area contributed by atoms with E-state index in [0.29, 0.717) is 11.1 Å². The van der Waals surface area contributed by atoms with Crippen LogP contribution in [0, 0.1) is 23.3 Å². The van der Waals surface area contributed by atoms with Crippen molar-refractivity contribution in [3.05, 3.63) is 77.9 Å². The summed E-state index contributed by atoms with van der Waals surface area (Å²) in [6.45, 7) is 1.67. The van der Waals surface area contributed by atoms with Gasteiger partial charge in [-0.15, -0.1) is 0 Å². The van der Waals surface area contributed by atoms with Crippen molar-refractivity contribution >= 4 is 23.3 Å². The van der Waals surface area contributed by atoms with Crippen molar-refractivity contribution in [1.82, 2.24) is 0 Å². The molecule has 6 nitrogen and oxygen atoms in total. The van der Waals surface area contributed by atoms with Crippen molar-refractivity contribution in [2.24, 2.45) is 0 Å². The summed E-state index contributed by atoms with van der Waals surface area (Å²) < 4.78 is 72.6. The first-order valence-corrected chi connectivity index (χ1v) is 10.3. The predicted octanol–water partition coefficient (Wildman–Crippen LogP) is 5.51. The summed E-state index contributed by atoms with van der Waals surface area (Å²) in [5.74, 6) is -5.61. The first-order valence-electron chi connectivity index (χ1n) is 10.3. The third-order valence-electron chi connectivity index (χ3n) is 4.81. The van der Waals surface area contributed by atoms with Gasteiger partial charge in [0.2, 0.25) is 6.29 Å². The van der Waals surface area contributed by atoms with Gasteiger partial charge in [0.1, 0.15) is 23.1 Å². The van der Waals surface area contributed by atoms with Crippen LogP contribution in [0.5, 0.6) is 5.75 Å². The molecule has 3 rings (SSSR count). The van der Waals surface area contributed by atoms with Crippen LogP contribution in [-0.4, -0.2) is 31.9 Å². The Morgan fingerprint density at radius 3 is 2.29 bits per heavy atom. The molecular formula is C25H21F4NO5. The smallest absolute Gasteiger partial charge is 0.347 e. The van der Waals surface area contributed by atoms with Crippen molar-refractivity contribution in [2.75, 3.05) is 18.6 Å². The van der Waals surface area contributed by atoms with Crippen LogP contribution in [0.3, 0.4) is 0 Å². The van der Waals surface area contributed by atoms with Gasteiger partial charge in [0.25, 0.3) is 0 Å². The van der Waals surface area contributed by atoms with Crippen LogP contribution in [0.15, 0.2) is 54.6 Å². The summed E-state index contributed by atoms with van der Waals surface area (Å²) in [5, 5.41) is 0. The van der Waals surface area contributed by atoms with Crippen molar-refractivity contribution in [2.45, 2.75) is 20.1 Å². The molecule has 0 N–H and O–H groups in total. The van der Waals surface area contributed by atoms with Crippen molar-refractivity contribution in [1.29, 1.82) is 0 Å². The van der Waals surface area contributed by atoms with Crippen LogP contribution in [0.2, 0.25) is 0 Å². The first-order chi connectivity index (χ1) is 16.6. The predicted molar refractivity (Wildman–Crippen MR) is 119 cm³/mol. The molecule has 0 aliphatic rings. The van der Waals surface area contributed by atoms with Gasteiger partial charge >= 0.3 is 11.9 Å². The molecule has 3 aromatic rings. The third-order valence-corrected chi connectivity index (χ3v) is 4.81. The highest BCUT2D eigenvalue weighted by molar-refractivity contribution is 5.74. The SMILES string of the molecule is CC(=O)OC(C)OC(=O)COc1ccc(F)c(N(C)c2cc(-c3cccc(F)c3)ccc2F)c1F. The molecule has 0 heterocycles. The average molecular weight is 491 g/mol. The number of hydrogen-bond acceptors (Lipinski definition) is 6. The molecule has 0 aromatic heterocycles. The molecule has 1 unspecified atom stereocenters. The number of esters is 2. The van der Waals surface area contributed by atoms with E-state index in [1.54, 1.807) is 6.07 Å². The molecule has 3 aromatic carbocycles. The van der Waals surface area contributed by atoms with Gasteiger partial charge in [-0.1, -0.05) is 18.2 Å². The Labute approximate surface area is 198 Å². The van der Waals surface area contributed by atoms with Gasteiger partial charge in [0.05, 0.1) is 5.69 Å². The highest BCUT2D eigenvalue weighted by atomic mass is 19.1. The lowest BCUT2D eigenvalue weighted by molar-refractivity contribution is -0.184. The molecule has 0 saturated carbocycles. The van der Waals surface area contributed by atoms with Crippen LogP contribution in [-0.2, 0) is 19.1 Å². The van der Waals surface area contributed by atoms with Crippen molar-refractivity contribution in [3.8, 4) is 16.9 Å². The molecule has 0 saturated heterocycles. The third kappa shape index (κ3) is 6.28. The molecule has 0 spiro atoms. The van der Waals surface area contributed by atoms with Crippen LogP contribution < -0.4 is 9.64 Å². The van der Waals surface area contributed by atoms with Crippen LogP contribution >= 0.6 is 0 Å². The summed E-state index contributed by atoms with van der Waals surface area (Å²) >= 11 is 0.